The van der Waals surface area contributed by atoms with Gasteiger partial charge >= 0.3 is 68.9 Å². The largest absolute Gasteiger partial charge is 1.00 e. The monoisotopic (exact) mass is 441 g/mol. The maximum atomic E-state index is 7.00. The van der Waals surface area contributed by atoms with E-state index in [1.54, 1.807) is 0 Å². The Bertz CT molecular complexity index is 376. The summed E-state index contributed by atoms with van der Waals surface area (Å²) in [6.07, 6.45) is 3.12. The molecule has 1 fully saturated rings. The molecule has 1 aromatic carbocycles. The van der Waals surface area contributed by atoms with Gasteiger partial charge in [-0.1, -0.05) is 36.4 Å². The van der Waals surface area contributed by atoms with E-state index in [0.717, 1.165) is 33.2 Å². The Morgan fingerprint density at radius 2 is 2.00 bits per heavy atom. The smallest absolute Gasteiger partial charge is 0.400 e. The number of benzene rings is 1. The second kappa shape index (κ2) is 17.7. The van der Waals surface area contributed by atoms with E-state index in [1.165, 1.54) is 5.56 Å². The summed E-state index contributed by atoms with van der Waals surface area (Å²) in [6.45, 7) is 7.73. The zero-order valence-electron chi connectivity index (χ0n) is 14.8. The van der Waals surface area contributed by atoms with Crippen molar-refractivity contribution in [1.82, 2.24) is 5.32 Å². The van der Waals surface area contributed by atoms with E-state index in [-0.39, 0.29) is 82.4 Å². The van der Waals surface area contributed by atoms with Crippen LogP contribution in [0.2, 0.25) is 0 Å². The van der Waals surface area contributed by atoms with Crippen molar-refractivity contribution >= 4 is 0 Å². The van der Waals surface area contributed by atoms with Gasteiger partial charge in [-0.15, -0.1) is 6.58 Å². The number of hydrogen-bond donors (Lipinski definition) is 2. The van der Waals surface area contributed by atoms with Gasteiger partial charge < -0.3 is 27.3 Å². The molecule has 5 heteroatoms. The standard InChI is InChI=1S/C16H23NO2.CH4O.CH3.Cs/c1-2-6-15-9-17-10-16(19-12-15)13-18-11-14-7-4-3-5-8-14;1-2;;/h2-5,7-8,15-17H,1,6,9-13H2;2H,1H3;1H3;/q;;-1;+1/t15?,16-;;;/m0.../s1. The van der Waals surface area contributed by atoms with Gasteiger partial charge in [0, 0.05) is 20.2 Å². The minimum absolute atomic E-state index is 0. The summed E-state index contributed by atoms with van der Waals surface area (Å²) in [7, 11) is 1.00. The number of allylic oxidation sites excluding steroid dienone is 1. The van der Waals surface area contributed by atoms with Gasteiger partial charge in [0.1, 0.15) is 0 Å². The SMILES string of the molecule is C=CCC1CNC[C@@H](COCc2ccccc2)OC1.CO.[CH3-].[Cs+]. The molecule has 23 heavy (non-hydrogen) atoms. The molecule has 0 spiro atoms. The van der Waals surface area contributed by atoms with Gasteiger partial charge in [-0.25, -0.2) is 0 Å². The average molecular weight is 441 g/mol. The molecule has 0 aliphatic carbocycles. The molecule has 4 nitrogen and oxygen atoms in total. The number of rotatable bonds is 6. The number of aliphatic hydroxyl groups excluding tert-OH is 1. The van der Waals surface area contributed by atoms with E-state index < -0.39 is 0 Å². The van der Waals surface area contributed by atoms with Gasteiger partial charge in [0.05, 0.1) is 25.9 Å². The molecule has 126 valence electrons. The van der Waals surface area contributed by atoms with E-state index >= 15 is 0 Å². The van der Waals surface area contributed by atoms with Crippen molar-refractivity contribution in [3.05, 3.63) is 56.0 Å². The predicted molar refractivity (Wildman–Crippen MR) is 91.6 cm³/mol. The average Bonchev–Trinajstić information content (AvgIpc) is 2.76. The molecule has 2 N–H and O–H groups in total. The van der Waals surface area contributed by atoms with Crippen molar-refractivity contribution < 1.29 is 83.5 Å². The van der Waals surface area contributed by atoms with Crippen LogP contribution < -0.4 is 74.2 Å². The maximum Gasteiger partial charge on any atom is 1.00 e. The molecule has 0 amide bonds. The van der Waals surface area contributed by atoms with Crippen molar-refractivity contribution in [2.45, 2.75) is 19.1 Å². The fourth-order valence-corrected chi connectivity index (χ4v) is 2.22. The third-order valence-electron chi connectivity index (χ3n) is 3.29. The van der Waals surface area contributed by atoms with Gasteiger partial charge in [0.2, 0.25) is 0 Å². The first-order valence-electron chi connectivity index (χ1n) is 7.38. The summed E-state index contributed by atoms with van der Waals surface area (Å²) < 4.78 is 11.6. The summed E-state index contributed by atoms with van der Waals surface area (Å²) >= 11 is 0. The van der Waals surface area contributed by atoms with Gasteiger partial charge in [-0.3, -0.25) is 0 Å². The minimum atomic E-state index is 0. The van der Waals surface area contributed by atoms with E-state index in [0.29, 0.717) is 19.1 Å². The van der Waals surface area contributed by atoms with E-state index in [1.807, 2.05) is 24.3 Å². The molecule has 1 aliphatic rings. The van der Waals surface area contributed by atoms with E-state index in [2.05, 4.69) is 24.0 Å². The summed E-state index contributed by atoms with van der Waals surface area (Å²) in [6, 6.07) is 10.2. The maximum absolute atomic E-state index is 7.00. The van der Waals surface area contributed by atoms with Crippen molar-refractivity contribution in [3.63, 3.8) is 0 Å². The first kappa shape index (κ1) is 26.1. The van der Waals surface area contributed by atoms with Crippen LogP contribution in [0.15, 0.2) is 43.0 Å². The van der Waals surface area contributed by atoms with Gasteiger partial charge in [0.15, 0.2) is 0 Å². The topological polar surface area (TPSA) is 50.7 Å². The Balaban J connectivity index is 0. The van der Waals surface area contributed by atoms with E-state index in [9.17, 15) is 0 Å². The molecule has 1 heterocycles. The van der Waals surface area contributed by atoms with Crippen LogP contribution in [0.25, 0.3) is 0 Å². The molecule has 0 aromatic heterocycles. The molecule has 0 radical (unpaired) electrons. The Morgan fingerprint density at radius 1 is 1.30 bits per heavy atom. The van der Waals surface area contributed by atoms with Crippen LogP contribution in [0.3, 0.4) is 0 Å². The second-order valence-corrected chi connectivity index (χ2v) is 5.00. The normalized spacial score (nSPS) is 19.9. The zero-order chi connectivity index (χ0) is 15.3. The number of hydrogen-bond acceptors (Lipinski definition) is 4. The van der Waals surface area contributed by atoms with Crippen LogP contribution >= 0.6 is 0 Å². The summed E-state index contributed by atoms with van der Waals surface area (Å²) in [4.78, 5) is 0. The fraction of sp³-hybridized carbons (Fsp3) is 0.500. The van der Waals surface area contributed by atoms with E-state index in [4.69, 9.17) is 14.6 Å². The van der Waals surface area contributed by atoms with Crippen LogP contribution in [0, 0.1) is 13.3 Å². The van der Waals surface area contributed by atoms with Crippen LogP contribution in [-0.2, 0) is 16.1 Å². The molecule has 1 saturated heterocycles. The van der Waals surface area contributed by atoms with Crippen LogP contribution in [-0.4, -0.2) is 44.6 Å². The van der Waals surface area contributed by atoms with Crippen molar-refractivity contribution in [2.75, 3.05) is 33.4 Å². The molecule has 1 aromatic rings. The first-order chi connectivity index (χ1) is 10.4. The van der Waals surface area contributed by atoms with Crippen molar-refractivity contribution in [2.24, 2.45) is 5.92 Å². The number of aliphatic hydroxyl groups is 1. The molecule has 0 bridgehead atoms. The molecule has 2 rings (SSSR count). The second-order valence-electron chi connectivity index (χ2n) is 5.00. The Hall–Kier alpha value is 0.852. The number of ether oxygens (including phenoxy) is 2. The van der Waals surface area contributed by atoms with Crippen LogP contribution in [0.1, 0.15) is 12.0 Å². The van der Waals surface area contributed by atoms with Gasteiger partial charge in [-0.05, 0) is 17.9 Å². The van der Waals surface area contributed by atoms with Gasteiger partial charge in [0.25, 0.3) is 0 Å². The fourth-order valence-electron chi connectivity index (χ4n) is 2.22. The Labute approximate surface area is 200 Å². The summed E-state index contributed by atoms with van der Waals surface area (Å²) in [5, 5.41) is 10.4. The van der Waals surface area contributed by atoms with Gasteiger partial charge in [-0.2, -0.15) is 0 Å². The quantitative estimate of drug-likeness (QED) is 0.460. The van der Waals surface area contributed by atoms with Crippen LogP contribution in [0.4, 0.5) is 0 Å². The third-order valence-corrected chi connectivity index (χ3v) is 3.29. The first-order valence-corrected chi connectivity index (χ1v) is 7.38. The van der Waals surface area contributed by atoms with Crippen molar-refractivity contribution in [3.8, 4) is 0 Å². The number of nitrogens with one attached hydrogen (secondary N) is 1. The third kappa shape index (κ3) is 11.9. The molecular weight excluding hydrogens is 411 g/mol. The van der Waals surface area contributed by atoms with Crippen molar-refractivity contribution in [1.29, 1.82) is 0 Å². The molecule has 1 aliphatic heterocycles. The Kier molecular flexibility index (Phi) is 20.0. The summed E-state index contributed by atoms with van der Waals surface area (Å²) in [5.74, 6) is 0.539. The molecule has 2 atom stereocenters. The minimum Gasteiger partial charge on any atom is -0.400 e. The molecule has 0 saturated carbocycles. The van der Waals surface area contributed by atoms with Crippen LogP contribution in [0.5, 0.6) is 0 Å². The Morgan fingerprint density at radius 3 is 2.65 bits per heavy atom. The zero-order valence-corrected chi connectivity index (χ0v) is 21.1. The summed E-state index contributed by atoms with van der Waals surface area (Å²) in [5.41, 5.74) is 1.20. The molecular formula is C18H30CsNO3. The molecule has 1 unspecified atom stereocenters. The predicted octanol–water partition coefficient (Wildman–Crippen LogP) is -0.553.